The molecular weight excluding hydrogens is 526 g/mol. The number of piperazine rings is 1. The number of thiocarbonyl (C=S) groups is 1. The zero-order valence-electron chi connectivity index (χ0n) is 23.8. The first-order valence-corrected chi connectivity index (χ1v) is 14.6. The molecule has 1 N–H and O–H groups in total. The molecule has 2 aromatic carbocycles. The van der Waals surface area contributed by atoms with Gasteiger partial charge < -0.3 is 24.6 Å². The monoisotopic (exact) mass is 567 g/mol. The average Bonchev–Trinajstić information content (AvgIpc) is 3.20. The van der Waals surface area contributed by atoms with Crippen LogP contribution in [0.3, 0.4) is 0 Å². The van der Waals surface area contributed by atoms with Crippen molar-refractivity contribution >= 4 is 40.5 Å². The minimum Gasteiger partial charge on any atom is -0.497 e. The third-order valence-electron chi connectivity index (χ3n) is 7.39. The van der Waals surface area contributed by atoms with Crippen LogP contribution in [-0.4, -0.2) is 97.2 Å². The third kappa shape index (κ3) is 7.42. The summed E-state index contributed by atoms with van der Waals surface area (Å²) in [5.41, 5.74) is 1.89. The SMILES string of the molecule is CCCOc1ccc(NC(=O)C[C@H]2C(=O)N(CC)C(=S)N2CCCN2CCN(c3ccc(OC)cc3)CC2)cc1. The number of rotatable bonds is 13. The highest BCUT2D eigenvalue weighted by atomic mass is 32.1. The predicted octanol–water partition coefficient (Wildman–Crippen LogP) is 3.84. The van der Waals surface area contributed by atoms with Crippen LogP contribution < -0.4 is 19.7 Å². The molecule has 0 aliphatic carbocycles. The van der Waals surface area contributed by atoms with Crippen LogP contribution in [-0.2, 0) is 9.59 Å². The summed E-state index contributed by atoms with van der Waals surface area (Å²) in [5.74, 6) is 1.33. The molecule has 1 atom stereocenters. The average molecular weight is 568 g/mol. The predicted molar refractivity (Wildman–Crippen MR) is 162 cm³/mol. The van der Waals surface area contributed by atoms with Crippen molar-refractivity contribution in [2.45, 2.75) is 39.2 Å². The fourth-order valence-corrected chi connectivity index (χ4v) is 5.60. The van der Waals surface area contributed by atoms with Crippen LogP contribution in [0.2, 0.25) is 0 Å². The van der Waals surface area contributed by atoms with Gasteiger partial charge >= 0.3 is 0 Å². The number of hydrogen-bond donors (Lipinski definition) is 1. The summed E-state index contributed by atoms with van der Waals surface area (Å²) in [6.07, 6.45) is 1.86. The highest BCUT2D eigenvalue weighted by Gasteiger charge is 2.42. The molecule has 2 amide bonds. The molecule has 2 fully saturated rings. The smallest absolute Gasteiger partial charge is 0.252 e. The van der Waals surface area contributed by atoms with Crippen molar-refractivity contribution in [1.82, 2.24) is 14.7 Å². The molecule has 216 valence electrons. The second-order valence-electron chi connectivity index (χ2n) is 10.1. The van der Waals surface area contributed by atoms with Crippen LogP contribution in [0.15, 0.2) is 48.5 Å². The first-order valence-electron chi connectivity index (χ1n) is 14.2. The quantitative estimate of drug-likeness (QED) is 0.366. The summed E-state index contributed by atoms with van der Waals surface area (Å²) in [6.45, 7) is 10.6. The van der Waals surface area contributed by atoms with Crippen LogP contribution in [0, 0.1) is 0 Å². The van der Waals surface area contributed by atoms with Gasteiger partial charge in [-0.05, 0) is 87.1 Å². The van der Waals surface area contributed by atoms with E-state index in [9.17, 15) is 9.59 Å². The first kappa shape index (κ1) is 29.6. The molecular formula is C30H41N5O4S. The van der Waals surface area contributed by atoms with E-state index < -0.39 is 6.04 Å². The van der Waals surface area contributed by atoms with Crippen LogP contribution in [0.1, 0.15) is 33.1 Å². The molecule has 0 bridgehead atoms. The van der Waals surface area contributed by atoms with Gasteiger partial charge in [-0.1, -0.05) is 6.92 Å². The fraction of sp³-hybridized carbons (Fsp3) is 0.500. The molecule has 2 aromatic rings. The highest BCUT2D eigenvalue weighted by molar-refractivity contribution is 7.80. The number of nitrogens with one attached hydrogen (secondary N) is 1. The first-order chi connectivity index (χ1) is 19.4. The van der Waals surface area contributed by atoms with Gasteiger partial charge in [0.05, 0.1) is 20.1 Å². The largest absolute Gasteiger partial charge is 0.497 e. The molecule has 2 heterocycles. The van der Waals surface area contributed by atoms with E-state index in [1.54, 1.807) is 12.0 Å². The van der Waals surface area contributed by atoms with Gasteiger partial charge in [0.1, 0.15) is 17.5 Å². The van der Waals surface area contributed by atoms with Crippen LogP contribution in [0.5, 0.6) is 11.5 Å². The lowest BCUT2D eigenvalue weighted by atomic mass is 10.1. The molecule has 9 nitrogen and oxygen atoms in total. The second kappa shape index (κ2) is 14.3. The standard InChI is InChI=1S/C30H41N5O4S/c1-4-21-39-26-11-7-23(8-12-26)31-28(36)22-27-29(37)34(5-2)30(40)35(27)16-6-15-32-17-19-33(20-18-32)24-9-13-25(38-3)14-10-24/h7-14,27H,4-6,15-22H2,1-3H3,(H,31,36)/t27-/m0/s1. The van der Waals surface area contributed by atoms with E-state index in [2.05, 4.69) is 34.2 Å². The van der Waals surface area contributed by atoms with Crippen molar-refractivity contribution in [3.05, 3.63) is 48.5 Å². The zero-order valence-corrected chi connectivity index (χ0v) is 24.6. The lowest BCUT2D eigenvalue weighted by Crippen LogP contribution is -2.47. The molecule has 0 aromatic heterocycles. The Morgan fingerprint density at radius 2 is 1.65 bits per heavy atom. The summed E-state index contributed by atoms with van der Waals surface area (Å²) in [7, 11) is 1.68. The van der Waals surface area contributed by atoms with E-state index in [4.69, 9.17) is 21.7 Å². The van der Waals surface area contributed by atoms with E-state index in [0.717, 1.165) is 57.1 Å². The van der Waals surface area contributed by atoms with Crippen molar-refractivity contribution in [1.29, 1.82) is 0 Å². The lowest BCUT2D eigenvalue weighted by Gasteiger charge is -2.36. The number of anilines is 2. The Hall–Kier alpha value is -3.37. The number of carbonyl (C=O) groups excluding carboxylic acids is 2. The van der Waals surface area contributed by atoms with Gasteiger partial charge in [0.25, 0.3) is 5.91 Å². The van der Waals surface area contributed by atoms with Gasteiger partial charge in [-0.2, -0.15) is 0 Å². The van der Waals surface area contributed by atoms with Gasteiger partial charge in [0.15, 0.2) is 5.11 Å². The second-order valence-corrected chi connectivity index (χ2v) is 10.4. The molecule has 0 unspecified atom stereocenters. The lowest BCUT2D eigenvalue weighted by molar-refractivity contribution is -0.130. The topological polar surface area (TPSA) is 77.6 Å². The molecule has 40 heavy (non-hydrogen) atoms. The number of methoxy groups -OCH3 is 1. The van der Waals surface area contributed by atoms with E-state index >= 15 is 0 Å². The number of ether oxygens (including phenoxy) is 2. The maximum absolute atomic E-state index is 13.1. The van der Waals surface area contributed by atoms with Gasteiger partial charge in [-0.25, -0.2) is 0 Å². The maximum Gasteiger partial charge on any atom is 0.252 e. The molecule has 2 saturated heterocycles. The number of hydrogen-bond acceptors (Lipinski definition) is 7. The third-order valence-corrected chi connectivity index (χ3v) is 7.85. The number of nitrogens with zero attached hydrogens (tertiary/aromatic N) is 4. The van der Waals surface area contributed by atoms with Gasteiger partial charge in [0.2, 0.25) is 5.91 Å². The Labute approximate surface area is 243 Å². The summed E-state index contributed by atoms with van der Waals surface area (Å²) >= 11 is 5.66. The van der Waals surface area contributed by atoms with Crippen LogP contribution >= 0.6 is 12.2 Å². The van der Waals surface area contributed by atoms with Crippen molar-refractivity contribution in [2.75, 3.05) is 69.7 Å². The van der Waals surface area contributed by atoms with Crippen LogP contribution in [0.4, 0.5) is 11.4 Å². The Kier molecular flexibility index (Phi) is 10.6. The molecule has 2 aliphatic heterocycles. The maximum atomic E-state index is 13.1. The summed E-state index contributed by atoms with van der Waals surface area (Å²) in [4.78, 5) is 34.5. The fourth-order valence-electron chi connectivity index (χ4n) is 5.17. The minimum atomic E-state index is -0.577. The molecule has 0 radical (unpaired) electrons. The van der Waals surface area contributed by atoms with Gasteiger partial charge in [-0.15, -0.1) is 0 Å². The highest BCUT2D eigenvalue weighted by Crippen LogP contribution is 2.24. The minimum absolute atomic E-state index is 0.0596. The van der Waals surface area contributed by atoms with Crippen LogP contribution in [0.25, 0.3) is 0 Å². The Morgan fingerprint density at radius 1 is 0.975 bits per heavy atom. The Bertz CT molecular complexity index is 1140. The number of carbonyl (C=O) groups is 2. The van der Waals surface area contributed by atoms with E-state index in [1.165, 1.54) is 5.69 Å². The normalized spacial score (nSPS) is 17.9. The van der Waals surface area contributed by atoms with Gasteiger partial charge in [-0.3, -0.25) is 19.4 Å². The number of benzene rings is 2. The molecule has 0 spiro atoms. The Morgan fingerprint density at radius 3 is 2.27 bits per heavy atom. The van der Waals surface area contributed by atoms with Crippen molar-refractivity contribution in [3.63, 3.8) is 0 Å². The van der Waals surface area contributed by atoms with Crippen molar-refractivity contribution in [3.8, 4) is 11.5 Å². The van der Waals surface area contributed by atoms with E-state index in [1.807, 2.05) is 48.2 Å². The molecule has 0 saturated carbocycles. The van der Waals surface area contributed by atoms with E-state index in [0.29, 0.717) is 30.5 Å². The molecule has 10 heteroatoms. The van der Waals surface area contributed by atoms with Crippen molar-refractivity contribution < 1.29 is 19.1 Å². The molecule has 2 aliphatic rings. The summed E-state index contributed by atoms with van der Waals surface area (Å²) < 4.78 is 10.9. The van der Waals surface area contributed by atoms with Crippen molar-refractivity contribution in [2.24, 2.45) is 0 Å². The van der Waals surface area contributed by atoms with E-state index in [-0.39, 0.29) is 18.2 Å². The zero-order chi connectivity index (χ0) is 28.5. The number of likely N-dealkylation sites (N-methyl/N-ethyl adjacent to an activating group) is 1. The summed E-state index contributed by atoms with van der Waals surface area (Å²) in [5, 5.41) is 3.44. The summed E-state index contributed by atoms with van der Waals surface area (Å²) in [6, 6.07) is 14.9. The Balaban J connectivity index is 1.27. The number of amides is 2. The molecule has 4 rings (SSSR count). The van der Waals surface area contributed by atoms with Gasteiger partial charge in [0, 0.05) is 50.6 Å².